The minimum Gasteiger partial charge on any atom is -0.332 e. The number of rotatable bonds is 0. The first-order valence-corrected chi connectivity index (χ1v) is 4.97. The zero-order chi connectivity index (χ0) is 11.2. The predicted octanol–water partition coefficient (Wildman–Crippen LogP) is 4.00. The van der Waals surface area contributed by atoms with E-state index in [-0.39, 0.29) is 10.5 Å². The Bertz CT molecular complexity index is 520. The number of fused-ring (bicyclic) bond motifs is 1. The van der Waals surface area contributed by atoms with Crippen LogP contribution in [-0.4, -0.2) is 9.97 Å². The van der Waals surface area contributed by atoms with Crippen LogP contribution in [0.25, 0.3) is 11.0 Å². The molecule has 0 bridgehead atoms. The number of alkyl halides is 3. The van der Waals surface area contributed by atoms with Crippen LogP contribution in [0.3, 0.4) is 0 Å². The topological polar surface area (TPSA) is 28.7 Å². The second-order valence-corrected chi connectivity index (χ2v) is 4.04. The molecule has 0 amide bonds. The number of benzene rings is 1. The van der Waals surface area contributed by atoms with Gasteiger partial charge in [-0.1, -0.05) is 11.6 Å². The molecule has 1 heterocycles. The average Bonchev–Trinajstić information content (AvgIpc) is 2.44. The number of aromatic amines is 1. The maximum atomic E-state index is 12.4. The Morgan fingerprint density at radius 1 is 1.33 bits per heavy atom. The first-order chi connectivity index (χ1) is 6.88. The van der Waals surface area contributed by atoms with Crippen molar-refractivity contribution in [2.45, 2.75) is 6.18 Å². The number of aromatic nitrogens is 2. The van der Waals surface area contributed by atoms with Crippen molar-refractivity contribution in [2.75, 3.05) is 0 Å². The molecule has 0 aliphatic rings. The summed E-state index contributed by atoms with van der Waals surface area (Å²) in [5, 5.41) is -0.0261. The van der Waals surface area contributed by atoms with E-state index in [1.807, 2.05) is 0 Å². The van der Waals surface area contributed by atoms with Crippen LogP contribution >= 0.6 is 27.5 Å². The zero-order valence-corrected chi connectivity index (χ0v) is 9.33. The molecule has 0 radical (unpaired) electrons. The SMILES string of the molecule is FC(F)(F)c1cc(Cl)c2nc(Br)[nH]c2c1. The van der Waals surface area contributed by atoms with Gasteiger partial charge in [-0.05, 0) is 28.1 Å². The van der Waals surface area contributed by atoms with Crippen LogP contribution in [0.15, 0.2) is 16.9 Å². The van der Waals surface area contributed by atoms with Crippen molar-refractivity contribution in [3.05, 3.63) is 27.5 Å². The summed E-state index contributed by atoms with van der Waals surface area (Å²) in [6, 6.07) is 1.83. The van der Waals surface area contributed by atoms with Crippen LogP contribution in [0.4, 0.5) is 13.2 Å². The Hall–Kier alpha value is -0.750. The quantitative estimate of drug-likeness (QED) is 0.782. The Morgan fingerprint density at radius 3 is 2.60 bits per heavy atom. The molecule has 15 heavy (non-hydrogen) atoms. The summed E-state index contributed by atoms with van der Waals surface area (Å²) in [4.78, 5) is 6.53. The van der Waals surface area contributed by atoms with Gasteiger partial charge in [0.25, 0.3) is 0 Å². The van der Waals surface area contributed by atoms with E-state index >= 15 is 0 Å². The Balaban J connectivity index is 2.72. The molecule has 80 valence electrons. The normalized spacial score (nSPS) is 12.3. The highest BCUT2D eigenvalue weighted by atomic mass is 79.9. The van der Waals surface area contributed by atoms with Gasteiger partial charge in [-0.15, -0.1) is 0 Å². The van der Waals surface area contributed by atoms with Crippen LogP contribution in [0.5, 0.6) is 0 Å². The fourth-order valence-electron chi connectivity index (χ4n) is 1.21. The van der Waals surface area contributed by atoms with Crippen LogP contribution in [-0.2, 0) is 6.18 Å². The number of imidazole rings is 1. The molecule has 0 aliphatic carbocycles. The van der Waals surface area contributed by atoms with E-state index in [4.69, 9.17) is 11.6 Å². The predicted molar refractivity (Wildman–Crippen MR) is 53.8 cm³/mol. The molecule has 1 N–H and O–H groups in total. The standard InChI is InChI=1S/C8H3BrClF3N2/c9-7-14-5-2-3(8(11,12)13)1-4(10)6(5)15-7/h1-2H,(H,14,15). The van der Waals surface area contributed by atoms with E-state index < -0.39 is 11.7 Å². The van der Waals surface area contributed by atoms with Crippen molar-refractivity contribution >= 4 is 38.6 Å². The van der Waals surface area contributed by atoms with Crippen LogP contribution < -0.4 is 0 Å². The van der Waals surface area contributed by atoms with E-state index in [1.165, 1.54) is 0 Å². The molecule has 0 unspecified atom stereocenters. The van der Waals surface area contributed by atoms with Gasteiger partial charge in [0.2, 0.25) is 0 Å². The third-order valence-electron chi connectivity index (χ3n) is 1.84. The van der Waals surface area contributed by atoms with Crippen LogP contribution in [0.2, 0.25) is 5.02 Å². The summed E-state index contributed by atoms with van der Waals surface area (Å²) in [5.41, 5.74) is -0.227. The summed E-state index contributed by atoms with van der Waals surface area (Å²) in [7, 11) is 0. The molecule has 0 atom stereocenters. The van der Waals surface area contributed by atoms with E-state index in [2.05, 4.69) is 25.9 Å². The van der Waals surface area contributed by atoms with Crippen molar-refractivity contribution in [1.82, 2.24) is 9.97 Å². The number of hydrogen-bond acceptors (Lipinski definition) is 1. The van der Waals surface area contributed by atoms with E-state index in [1.54, 1.807) is 0 Å². The molecule has 7 heteroatoms. The number of H-pyrrole nitrogens is 1. The molecular formula is C8H3BrClF3N2. The average molecular weight is 299 g/mol. The largest absolute Gasteiger partial charge is 0.416 e. The third kappa shape index (κ3) is 1.96. The van der Waals surface area contributed by atoms with Gasteiger partial charge in [0.05, 0.1) is 16.1 Å². The fourth-order valence-corrected chi connectivity index (χ4v) is 1.86. The van der Waals surface area contributed by atoms with Crippen LogP contribution in [0, 0.1) is 0 Å². The lowest BCUT2D eigenvalue weighted by Crippen LogP contribution is -2.04. The minimum atomic E-state index is -4.41. The van der Waals surface area contributed by atoms with E-state index in [9.17, 15) is 13.2 Å². The molecule has 0 saturated carbocycles. The van der Waals surface area contributed by atoms with Crippen molar-refractivity contribution in [1.29, 1.82) is 0 Å². The maximum Gasteiger partial charge on any atom is 0.416 e. The first kappa shape index (κ1) is 10.8. The minimum absolute atomic E-state index is 0.0261. The Kier molecular flexibility index (Phi) is 2.42. The summed E-state index contributed by atoms with van der Waals surface area (Å²) in [6.07, 6.45) is -4.41. The van der Waals surface area contributed by atoms with E-state index in [0.717, 1.165) is 12.1 Å². The second kappa shape index (κ2) is 3.38. The van der Waals surface area contributed by atoms with E-state index in [0.29, 0.717) is 10.3 Å². The van der Waals surface area contributed by atoms with Gasteiger partial charge >= 0.3 is 6.18 Å². The van der Waals surface area contributed by atoms with Crippen LogP contribution in [0.1, 0.15) is 5.56 Å². The first-order valence-electron chi connectivity index (χ1n) is 3.80. The molecular weight excluding hydrogens is 296 g/mol. The summed E-state index contributed by atoms with van der Waals surface area (Å²) >= 11 is 8.71. The van der Waals surface area contributed by atoms with Gasteiger partial charge in [-0.3, -0.25) is 0 Å². The van der Waals surface area contributed by atoms with Gasteiger partial charge in [0.1, 0.15) is 5.52 Å². The summed E-state index contributed by atoms with van der Waals surface area (Å²) < 4.78 is 37.5. The van der Waals surface area contributed by atoms with Crippen molar-refractivity contribution < 1.29 is 13.2 Å². The van der Waals surface area contributed by atoms with Gasteiger partial charge < -0.3 is 4.98 Å². The lowest BCUT2D eigenvalue weighted by atomic mass is 10.2. The van der Waals surface area contributed by atoms with Gasteiger partial charge in [0, 0.05) is 0 Å². The molecule has 0 spiro atoms. The second-order valence-electron chi connectivity index (χ2n) is 2.88. The molecule has 2 nitrogen and oxygen atoms in total. The fraction of sp³-hybridized carbons (Fsp3) is 0.125. The highest BCUT2D eigenvalue weighted by molar-refractivity contribution is 9.10. The Morgan fingerprint density at radius 2 is 2.00 bits per heavy atom. The van der Waals surface area contributed by atoms with Crippen molar-refractivity contribution in [2.24, 2.45) is 0 Å². The summed E-state index contributed by atoms with van der Waals surface area (Å²) in [5.74, 6) is 0. The molecule has 1 aromatic heterocycles. The smallest absolute Gasteiger partial charge is 0.332 e. The number of nitrogens with one attached hydrogen (secondary N) is 1. The lowest BCUT2D eigenvalue weighted by molar-refractivity contribution is -0.137. The molecule has 2 rings (SSSR count). The molecule has 2 aromatic rings. The molecule has 0 fully saturated rings. The number of halogens is 5. The van der Waals surface area contributed by atoms with Crippen molar-refractivity contribution in [3.8, 4) is 0 Å². The van der Waals surface area contributed by atoms with Gasteiger partial charge in [-0.2, -0.15) is 13.2 Å². The molecule has 0 aliphatic heterocycles. The summed E-state index contributed by atoms with van der Waals surface area (Å²) in [6.45, 7) is 0. The number of nitrogens with zero attached hydrogens (tertiary/aromatic N) is 1. The Labute approximate surface area is 95.6 Å². The molecule has 0 saturated heterocycles. The zero-order valence-electron chi connectivity index (χ0n) is 6.99. The van der Waals surface area contributed by atoms with Gasteiger partial charge in [0.15, 0.2) is 4.73 Å². The molecule has 1 aromatic carbocycles. The monoisotopic (exact) mass is 298 g/mol. The highest BCUT2D eigenvalue weighted by Gasteiger charge is 2.31. The highest BCUT2D eigenvalue weighted by Crippen LogP contribution is 2.34. The maximum absolute atomic E-state index is 12.4. The number of hydrogen-bond donors (Lipinski definition) is 1. The lowest BCUT2D eigenvalue weighted by Gasteiger charge is -2.06. The van der Waals surface area contributed by atoms with Gasteiger partial charge in [-0.25, -0.2) is 4.98 Å². The van der Waals surface area contributed by atoms with Crippen molar-refractivity contribution in [3.63, 3.8) is 0 Å². The third-order valence-corrected chi connectivity index (χ3v) is 2.50.